The van der Waals surface area contributed by atoms with Gasteiger partial charge in [0.15, 0.2) is 17.1 Å². The number of imidazole rings is 1. The van der Waals surface area contributed by atoms with Crippen LogP contribution in [-0.2, 0) is 16.6 Å². The molecule has 15 heteroatoms. The minimum absolute atomic E-state index is 0.00926. The number of hydrogen-bond acceptors (Lipinski definition) is 12. The minimum Gasteiger partial charge on any atom is -0.494 e. The molecule has 6 heterocycles. The molecule has 2 aliphatic rings. The van der Waals surface area contributed by atoms with Crippen molar-refractivity contribution in [1.82, 2.24) is 39.7 Å². The van der Waals surface area contributed by atoms with Crippen molar-refractivity contribution in [2.24, 2.45) is 7.05 Å². The molecule has 0 aliphatic carbocycles. The third-order valence-electron chi connectivity index (χ3n) is 8.11. The number of amides is 1. The van der Waals surface area contributed by atoms with Crippen LogP contribution in [0.15, 0.2) is 36.4 Å². The highest BCUT2D eigenvalue weighted by molar-refractivity contribution is 5.96. The van der Waals surface area contributed by atoms with Crippen molar-refractivity contribution in [3.05, 3.63) is 47.9 Å². The Kier molecular flexibility index (Phi) is 7.63. The normalized spacial score (nSPS) is 16.5. The van der Waals surface area contributed by atoms with Crippen LogP contribution in [0.5, 0.6) is 5.75 Å². The van der Waals surface area contributed by atoms with E-state index in [1.54, 1.807) is 31.2 Å². The molecule has 2 N–H and O–H groups in total. The molecule has 1 aromatic carbocycles. The van der Waals surface area contributed by atoms with Gasteiger partial charge in [-0.15, -0.1) is 10.2 Å². The van der Waals surface area contributed by atoms with Crippen LogP contribution in [0.4, 0.5) is 28.7 Å². The first-order chi connectivity index (χ1) is 22.4. The molecule has 0 spiro atoms. The fraction of sp³-hybridized carbons (Fsp3) is 0.355. The van der Waals surface area contributed by atoms with Crippen LogP contribution in [0.2, 0.25) is 0 Å². The van der Waals surface area contributed by atoms with Gasteiger partial charge in [-0.25, -0.2) is 15.0 Å². The summed E-state index contributed by atoms with van der Waals surface area (Å²) in [5, 5.41) is 29.1. The number of anilines is 5. The van der Waals surface area contributed by atoms with E-state index in [2.05, 4.69) is 37.1 Å². The largest absolute Gasteiger partial charge is 0.494 e. The number of para-hydroxylation sites is 1. The maximum atomic E-state index is 12.4. The van der Waals surface area contributed by atoms with Gasteiger partial charge in [0.1, 0.15) is 35.3 Å². The number of nitrogens with zero attached hydrogens (tertiary/aromatic N) is 10. The van der Waals surface area contributed by atoms with Gasteiger partial charge in [-0.3, -0.25) is 9.36 Å². The van der Waals surface area contributed by atoms with E-state index < -0.39 is 0 Å². The Balaban J connectivity index is 1.31. The first kappa shape index (κ1) is 29.1. The van der Waals surface area contributed by atoms with Gasteiger partial charge < -0.3 is 25.0 Å². The molecule has 15 nitrogen and oxygen atoms in total. The van der Waals surface area contributed by atoms with E-state index in [4.69, 9.17) is 19.4 Å². The summed E-state index contributed by atoms with van der Waals surface area (Å²) in [6, 6.07) is 13.1. The molecule has 7 rings (SSSR count). The molecule has 1 unspecified atom stereocenters. The molecule has 2 saturated heterocycles. The molecule has 0 saturated carbocycles. The second-order valence-electron chi connectivity index (χ2n) is 11.1. The quantitative estimate of drug-likeness (QED) is 0.249. The molecule has 2 aliphatic heterocycles. The summed E-state index contributed by atoms with van der Waals surface area (Å²) < 4.78 is 14.0. The molecule has 2 fully saturated rings. The Morgan fingerprint density at radius 1 is 1.07 bits per heavy atom. The Morgan fingerprint density at radius 3 is 2.67 bits per heavy atom. The highest BCUT2D eigenvalue weighted by atomic mass is 16.5. The number of benzene rings is 1. The van der Waals surface area contributed by atoms with E-state index in [1.807, 2.05) is 35.8 Å². The lowest BCUT2D eigenvalue weighted by Crippen LogP contribution is -2.25. The number of ether oxygens (including phenoxy) is 2. The van der Waals surface area contributed by atoms with Gasteiger partial charge in [0, 0.05) is 25.6 Å². The van der Waals surface area contributed by atoms with Crippen molar-refractivity contribution in [2.45, 2.75) is 45.3 Å². The monoisotopic (exact) mass is 620 g/mol. The van der Waals surface area contributed by atoms with Crippen molar-refractivity contribution in [3.63, 3.8) is 0 Å². The number of carbonyl (C=O) groups excluding carboxylic acids is 1. The second kappa shape index (κ2) is 12.1. The third-order valence-corrected chi connectivity index (χ3v) is 8.11. The molecule has 1 amide bonds. The second-order valence-corrected chi connectivity index (χ2v) is 11.1. The molecule has 4 aromatic heterocycles. The van der Waals surface area contributed by atoms with Gasteiger partial charge >= 0.3 is 0 Å². The van der Waals surface area contributed by atoms with E-state index in [-0.39, 0.29) is 17.8 Å². The van der Waals surface area contributed by atoms with E-state index in [0.29, 0.717) is 76.6 Å². The van der Waals surface area contributed by atoms with Crippen LogP contribution in [0, 0.1) is 18.3 Å². The summed E-state index contributed by atoms with van der Waals surface area (Å²) in [5.74, 6) is 2.61. The van der Waals surface area contributed by atoms with Gasteiger partial charge in [-0.05, 0) is 62.1 Å². The van der Waals surface area contributed by atoms with Crippen molar-refractivity contribution in [3.8, 4) is 23.2 Å². The Labute approximate surface area is 264 Å². The van der Waals surface area contributed by atoms with Gasteiger partial charge in [0.05, 0.1) is 36.8 Å². The summed E-state index contributed by atoms with van der Waals surface area (Å²) >= 11 is 0. The maximum absolute atomic E-state index is 12.4. The van der Waals surface area contributed by atoms with Crippen molar-refractivity contribution in [1.29, 1.82) is 5.26 Å². The molecule has 46 heavy (non-hydrogen) atoms. The first-order valence-electron chi connectivity index (χ1n) is 15.1. The molecule has 234 valence electrons. The number of nitrogens with one attached hydrogen (secondary N) is 2. The van der Waals surface area contributed by atoms with Crippen LogP contribution in [0.3, 0.4) is 0 Å². The molecule has 0 radical (unpaired) electrons. The fourth-order valence-corrected chi connectivity index (χ4v) is 6.03. The van der Waals surface area contributed by atoms with Gasteiger partial charge in [-0.2, -0.15) is 10.1 Å². The molecular formula is C31H32N12O3. The van der Waals surface area contributed by atoms with Crippen LogP contribution >= 0.6 is 0 Å². The number of pyridine rings is 2. The number of nitriles is 1. The van der Waals surface area contributed by atoms with E-state index in [1.165, 1.54) is 4.80 Å². The molecular weight excluding hydrogens is 588 g/mol. The summed E-state index contributed by atoms with van der Waals surface area (Å²) in [6.45, 7) is 3.18. The topological polar surface area (TPSA) is 174 Å². The Hall–Kier alpha value is -5.62. The van der Waals surface area contributed by atoms with Crippen molar-refractivity contribution >= 4 is 45.8 Å². The smallest absolute Gasteiger partial charge is 0.227 e. The number of tetrazole rings is 1. The summed E-state index contributed by atoms with van der Waals surface area (Å²) in [5.41, 5.74) is 3.94. The number of hydrogen-bond donors (Lipinski definition) is 2. The van der Waals surface area contributed by atoms with Gasteiger partial charge in [-0.1, -0.05) is 6.07 Å². The van der Waals surface area contributed by atoms with E-state index in [9.17, 15) is 10.1 Å². The first-order valence-corrected chi connectivity index (χ1v) is 15.1. The fourth-order valence-electron chi connectivity index (χ4n) is 6.03. The highest BCUT2D eigenvalue weighted by Crippen LogP contribution is 2.39. The van der Waals surface area contributed by atoms with Crippen molar-refractivity contribution < 1.29 is 14.3 Å². The molecule has 0 bridgehead atoms. The lowest BCUT2D eigenvalue weighted by Gasteiger charge is -2.25. The number of aryl methyl sites for hydroxylation is 2. The number of aromatic nitrogens is 8. The number of methoxy groups -OCH3 is 1. The average Bonchev–Trinajstić information content (AvgIpc) is 3.79. The molecule has 1 atom stereocenters. The summed E-state index contributed by atoms with van der Waals surface area (Å²) in [7, 11) is 3.29. The highest BCUT2D eigenvalue weighted by Gasteiger charge is 2.26. The number of carbonyl (C=O) groups is 1. The summed E-state index contributed by atoms with van der Waals surface area (Å²) in [4.78, 5) is 29.8. The predicted molar refractivity (Wildman–Crippen MR) is 169 cm³/mol. The summed E-state index contributed by atoms with van der Waals surface area (Å²) in [6.07, 6.45) is 3.92. The Morgan fingerprint density at radius 2 is 1.96 bits per heavy atom. The predicted octanol–water partition coefficient (Wildman–Crippen LogP) is 4.52. The van der Waals surface area contributed by atoms with Crippen LogP contribution < -0.4 is 20.3 Å². The lowest BCUT2D eigenvalue weighted by molar-refractivity contribution is -0.117. The van der Waals surface area contributed by atoms with Gasteiger partial charge in [0.25, 0.3) is 0 Å². The van der Waals surface area contributed by atoms with Crippen LogP contribution in [-0.4, -0.2) is 65.9 Å². The molecule has 5 aromatic rings. The van der Waals surface area contributed by atoms with Crippen molar-refractivity contribution in [2.75, 3.05) is 35.8 Å². The van der Waals surface area contributed by atoms with E-state index in [0.717, 1.165) is 31.5 Å². The third kappa shape index (κ3) is 5.32. The van der Waals surface area contributed by atoms with Gasteiger partial charge in [0.2, 0.25) is 11.7 Å². The zero-order chi connectivity index (χ0) is 31.8. The lowest BCUT2D eigenvalue weighted by atomic mass is 10.1. The van der Waals surface area contributed by atoms with Crippen LogP contribution in [0.25, 0.3) is 22.6 Å². The maximum Gasteiger partial charge on any atom is 0.227 e. The number of fused-ring (bicyclic) bond motifs is 1. The zero-order valence-electron chi connectivity index (χ0n) is 25.7. The van der Waals surface area contributed by atoms with Crippen LogP contribution in [0.1, 0.15) is 49.9 Å². The zero-order valence-corrected chi connectivity index (χ0v) is 25.7. The minimum atomic E-state index is -0.199. The standard InChI is InChI=1S/C31H32N12O3/c1-18-33-28-21(34-20-9-6-8-19(29(20)45-3)30-38-40-41(2)39-30)16-25(37-31(28)43(18)27-11-4-5-15-46-27)36-24-13-12-23(22(17-32)35-24)42-14-7-10-26(42)44/h6,8-9,12-13,16,27H,4-5,7,10-11,14-15H2,1-3H3,(H2,34,35,36,37). The Bertz CT molecular complexity index is 1990. The average molecular weight is 621 g/mol. The SMILES string of the molecule is COc1c(Nc2cc(Nc3ccc(N4CCCC4=O)c(C#N)n3)nc3c2nc(C)n3C2CCCCO2)cccc1-c1nnn(C)n1. The number of rotatable bonds is 8. The van der Waals surface area contributed by atoms with E-state index >= 15 is 0 Å².